The number of carboxylic acids is 1. The van der Waals surface area contributed by atoms with Crippen molar-refractivity contribution < 1.29 is 15.0 Å². The third-order valence-electron chi connectivity index (χ3n) is 2.58. The lowest BCUT2D eigenvalue weighted by atomic mass is 10.1. The van der Waals surface area contributed by atoms with Gasteiger partial charge in [-0.15, -0.1) is 0 Å². The number of para-hydroxylation sites is 1. The lowest BCUT2D eigenvalue weighted by Gasteiger charge is -2.12. The number of halogens is 1. The Morgan fingerprint density at radius 3 is 2.52 bits per heavy atom. The average Bonchev–Trinajstić information content (AvgIpc) is 2.39. The summed E-state index contributed by atoms with van der Waals surface area (Å²) in [6, 6.07) is 7.15. The SMILES string of the molecule is C\C(Cl)=C/C(=C\C(C)=C\O)Nc1ccccc1CC(=O)O. The van der Waals surface area contributed by atoms with Crippen LogP contribution in [0.1, 0.15) is 19.4 Å². The summed E-state index contributed by atoms with van der Waals surface area (Å²) < 4.78 is 0. The van der Waals surface area contributed by atoms with Crippen LogP contribution in [0.25, 0.3) is 0 Å². The van der Waals surface area contributed by atoms with E-state index in [-0.39, 0.29) is 6.42 Å². The number of anilines is 1. The largest absolute Gasteiger partial charge is 0.515 e. The highest BCUT2D eigenvalue weighted by Gasteiger charge is 2.07. The summed E-state index contributed by atoms with van der Waals surface area (Å²) in [5.74, 6) is -0.898. The third kappa shape index (κ3) is 6.19. The normalized spacial score (nSPS) is 13.2. The van der Waals surface area contributed by atoms with Crippen molar-refractivity contribution >= 4 is 23.3 Å². The van der Waals surface area contributed by atoms with E-state index >= 15 is 0 Å². The van der Waals surface area contributed by atoms with Crippen molar-refractivity contribution in [2.24, 2.45) is 0 Å². The monoisotopic (exact) mass is 307 g/mol. The predicted octanol–water partition coefficient (Wildman–Crippen LogP) is 4.21. The zero-order valence-electron chi connectivity index (χ0n) is 11.9. The Labute approximate surface area is 129 Å². The van der Waals surface area contributed by atoms with Gasteiger partial charge in [0.15, 0.2) is 0 Å². The number of hydrogen-bond acceptors (Lipinski definition) is 3. The molecule has 1 aromatic rings. The van der Waals surface area contributed by atoms with Crippen LogP contribution in [0.4, 0.5) is 5.69 Å². The van der Waals surface area contributed by atoms with Crippen molar-refractivity contribution in [3.8, 4) is 0 Å². The zero-order valence-corrected chi connectivity index (χ0v) is 12.7. The van der Waals surface area contributed by atoms with Gasteiger partial charge in [0.2, 0.25) is 0 Å². The van der Waals surface area contributed by atoms with Gasteiger partial charge in [-0.25, -0.2) is 0 Å². The highest BCUT2D eigenvalue weighted by atomic mass is 35.5. The van der Waals surface area contributed by atoms with E-state index in [0.717, 1.165) is 6.26 Å². The van der Waals surface area contributed by atoms with Crippen molar-refractivity contribution in [1.29, 1.82) is 0 Å². The fourth-order valence-corrected chi connectivity index (χ4v) is 1.84. The van der Waals surface area contributed by atoms with Crippen molar-refractivity contribution in [2.45, 2.75) is 20.3 Å². The quantitative estimate of drug-likeness (QED) is 0.544. The standard InChI is InChI=1S/C16H18ClNO3/c1-11(10-19)7-14(8-12(2)17)18-15-6-4-3-5-13(15)9-16(20)21/h3-8,10,18-19H,9H2,1-2H3,(H,20,21)/b11-10+,12-8+,14-7+. The number of carbonyl (C=O) groups is 1. The van der Waals surface area contributed by atoms with Crippen LogP contribution >= 0.6 is 11.6 Å². The first-order valence-corrected chi connectivity index (χ1v) is 6.73. The molecule has 0 saturated heterocycles. The second-order valence-corrected chi connectivity index (χ2v) is 5.15. The molecular weight excluding hydrogens is 290 g/mol. The number of rotatable bonds is 6. The molecule has 0 saturated carbocycles. The molecular formula is C16H18ClNO3. The Morgan fingerprint density at radius 2 is 1.95 bits per heavy atom. The van der Waals surface area contributed by atoms with Gasteiger partial charge in [-0.2, -0.15) is 0 Å². The van der Waals surface area contributed by atoms with Crippen molar-refractivity contribution in [2.75, 3.05) is 5.32 Å². The molecule has 1 aromatic carbocycles. The number of aliphatic carboxylic acids is 1. The number of benzene rings is 1. The summed E-state index contributed by atoms with van der Waals surface area (Å²) in [5, 5.41) is 21.6. The lowest BCUT2D eigenvalue weighted by Crippen LogP contribution is -2.06. The smallest absolute Gasteiger partial charge is 0.307 e. The third-order valence-corrected chi connectivity index (χ3v) is 2.69. The Kier molecular flexibility index (Phi) is 6.56. The molecule has 5 heteroatoms. The molecule has 0 spiro atoms. The van der Waals surface area contributed by atoms with Crippen molar-refractivity contribution in [3.05, 3.63) is 64.5 Å². The molecule has 1 rings (SSSR count). The molecule has 0 bridgehead atoms. The van der Waals surface area contributed by atoms with E-state index in [1.165, 1.54) is 0 Å². The fourth-order valence-electron chi connectivity index (χ4n) is 1.73. The maximum atomic E-state index is 10.9. The molecule has 0 fully saturated rings. The second kappa shape index (κ2) is 8.17. The van der Waals surface area contributed by atoms with Gasteiger partial charge >= 0.3 is 5.97 Å². The Hall–Kier alpha value is -2.20. The number of aliphatic hydroxyl groups excluding tert-OH is 1. The van der Waals surface area contributed by atoms with E-state index in [1.807, 2.05) is 6.07 Å². The van der Waals surface area contributed by atoms with E-state index in [2.05, 4.69) is 5.32 Å². The maximum absolute atomic E-state index is 10.9. The molecule has 112 valence electrons. The Balaban J connectivity index is 3.12. The summed E-state index contributed by atoms with van der Waals surface area (Å²) in [7, 11) is 0. The Morgan fingerprint density at radius 1 is 1.29 bits per heavy atom. The van der Waals surface area contributed by atoms with Gasteiger partial charge in [-0.3, -0.25) is 4.79 Å². The van der Waals surface area contributed by atoms with E-state index in [4.69, 9.17) is 21.8 Å². The first kappa shape index (κ1) is 16.9. The van der Waals surface area contributed by atoms with Crippen LogP contribution in [-0.2, 0) is 11.2 Å². The molecule has 0 aliphatic rings. The van der Waals surface area contributed by atoms with Crippen LogP contribution < -0.4 is 5.32 Å². The minimum atomic E-state index is -0.898. The number of allylic oxidation sites excluding steroid dienone is 4. The molecule has 0 aromatic heterocycles. The number of hydrogen-bond donors (Lipinski definition) is 3. The first-order chi connectivity index (χ1) is 9.92. The van der Waals surface area contributed by atoms with Crippen molar-refractivity contribution in [1.82, 2.24) is 0 Å². The maximum Gasteiger partial charge on any atom is 0.307 e. The fraction of sp³-hybridized carbons (Fsp3) is 0.188. The van der Waals surface area contributed by atoms with Gasteiger partial charge in [0.05, 0.1) is 12.7 Å². The summed E-state index contributed by atoms with van der Waals surface area (Å²) in [4.78, 5) is 10.9. The molecule has 0 amide bonds. The lowest BCUT2D eigenvalue weighted by molar-refractivity contribution is -0.136. The van der Waals surface area contributed by atoms with E-state index < -0.39 is 5.97 Å². The van der Waals surface area contributed by atoms with Gasteiger partial charge in [0.25, 0.3) is 0 Å². The second-order valence-electron chi connectivity index (χ2n) is 4.56. The van der Waals surface area contributed by atoms with Crippen LogP contribution in [0.2, 0.25) is 0 Å². The van der Waals surface area contributed by atoms with Gasteiger partial charge < -0.3 is 15.5 Å². The van der Waals surface area contributed by atoms with E-state index in [1.54, 1.807) is 44.2 Å². The van der Waals surface area contributed by atoms with E-state index in [9.17, 15) is 4.79 Å². The molecule has 3 N–H and O–H groups in total. The molecule has 0 radical (unpaired) electrons. The van der Waals surface area contributed by atoms with Crippen LogP contribution in [-0.4, -0.2) is 16.2 Å². The molecule has 0 unspecified atom stereocenters. The van der Waals surface area contributed by atoms with Crippen LogP contribution in [0.5, 0.6) is 0 Å². The highest BCUT2D eigenvalue weighted by molar-refractivity contribution is 6.29. The molecule has 0 heterocycles. The minimum Gasteiger partial charge on any atom is -0.515 e. The molecule has 4 nitrogen and oxygen atoms in total. The molecule has 21 heavy (non-hydrogen) atoms. The average molecular weight is 308 g/mol. The van der Waals surface area contributed by atoms with Crippen LogP contribution in [0, 0.1) is 0 Å². The van der Waals surface area contributed by atoms with Gasteiger partial charge in [0, 0.05) is 16.4 Å². The molecule has 0 atom stereocenters. The van der Waals surface area contributed by atoms with Crippen LogP contribution in [0.15, 0.2) is 59.0 Å². The number of nitrogens with one attached hydrogen (secondary N) is 1. The summed E-state index contributed by atoms with van der Waals surface area (Å²) in [6.07, 6.45) is 4.33. The summed E-state index contributed by atoms with van der Waals surface area (Å²) in [6.45, 7) is 3.47. The predicted molar refractivity (Wildman–Crippen MR) is 85.5 cm³/mol. The molecule has 0 aliphatic heterocycles. The number of aliphatic hydroxyl groups is 1. The Bertz CT molecular complexity index is 599. The van der Waals surface area contributed by atoms with Gasteiger partial charge in [-0.05, 0) is 43.2 Å². The minimum absolute atomic E-state index is 0.0746. The van der Waals surface area contributed by atoms with Gasteiger partial charge in [0.1, 0.15) is 0 Å². The number of carboxylic acid groups (broad SMARTS) is 1. The van der Waals surface area contributed by atoms with Crippen molar-refractivity contribution in [3.63, 3.8) is 0 Å². The zero-order chi connectivity index (χ0) is 15.8. The van der Waals surface area contributed by atoms with E-state index in [0.29, 0.717) is 27.6 Å². The topological polar surface area (TPSA) is 69.6 Å². The van der Waals surface area contributed by atoms with Gasteiger partial charge in [-0.1, -0.05) is 29.8 Å². The summed E-state index contributed by atoms with van der Waals surface area (Å²) >= 11 is 5.89. The van der Waals surface area contributed by atoms with Crippen LogP contribution in [0.3, 0.4) is 0 Å². The molecule has 0 aliphatic carbocycles. The first-order valence-electron chi connectivity index (χ1n) is 6.35. The highest BCUT2D eigenvalue weighted by Crippen LogP contribution is 2.20. The summed E-state index contributed by atoms with van der Waals surface area (Å²) in [5.41, 5.74) is 2.65.